The molecule has 0 aliphatic carbocycles. The molecule has 90 valence electrons. The Bertz CT molecular complexity index is 494. The molecule has 2 aliphatic heterocycles. The van der Waals surface area contributed by atoms with Crippen LogP contribution in [0, 0.1) is 0 Å². The summed E-state index contributed by atoms with van der Waals surface area (Å²) in [4.78, 5) is 27.6. The van der Waals surface area contributed by atoms with Crippen molar-refractivity contribution in [2.45, 2.75) is 25.3 Å². The van der Waals surface area contributed by atoms with E-state index in [4.69, 9.17) is 5.11 Å². The summed E-state index contributed by atoms with van der Waals surface area (Å²) in [5.41, 5.74) is 1.25. The Labute approximate surface area is 97.6 Å². The van der Waals surface area contributed by atoms with Crippen molar-refractivity contribution in [3.8, 4) is 0 Å². The first-order chi connectivity index (χ1) is 8.18. The number of amides is 1. The van der Waals surface area contributed by atoms with Gasteiger partial charge in [-0.2, -0.15) is 0 Å². The highest BCUT2D eigenvalue weighted by molar-refractivity contribution is 6.09. The fourth-order valence-electron chi connectivity index (χ4n) is 2.63. The molecule has 0 saturated carbocycles. The van der Waals surface area contributed by atoms with Gasteiger partial charge in [-0.05, 0) is 19.3 Å². The van der Waals surface area contributed by atoms with Crippen LogP contribution in [0.25, 0.3) is 0 Å². The van der Waals surface area contributed by atoms with Crippen LogP contribution in [0.3, 0.4) is 0 Å². The predicted molar refractivity (Wildman–Crippen MR) is 61.4 cm³/mol. The predicted octanol–water partition coefficient (Wildman–Crippen LogP) is 1.02. The molecule has 3 N–H and O–H groups in total. The molecule has 1 atom stereocenters. The fraction of sp³-hybridized carbons (Fsp3) is 0.455. The molecule has 0 bridgehead atoms. The Morgan fingerprint density at radius 3 is 3.06 bits per heavy atom. The van der Waals surface area contributed by atoms with Crippen molar-refractivity contribution >= 4 is 23.3 Å². The quantitative estimate of drug-likeness (QED) is 0.678. The molecule has 1 aromatic rings. The van der Waals surface area contributed by atoms with Gasteiger partial charge >= 0.3 is 5.97 Å². The van der Waals surface area contributed by atoms with Crippen LogP contribution in [0.2, 0.25) is 0 Å². The number of nitrogens with one attached hydrogen (secondary N) is 2. The minimum atomic E-state index is -1.05. The minimum absolute atomic E-state index is 0.0531. The van der Waals surface area contributed by atoms with Gasteiger partial charge in [0, 0.05) is 12.7 Å². The topological polar surface area (TPSA) is 85.4 Å². The number of carboxylic acid groups (broad SMARTS) is 1. The Balaban J connectivity index is 2.07. The van der Waals surface area contributed by atoms with Crippen LogP contribution < -0.4 is 10.2 Å². The van der Waals surface area contributed by atoms with Crippen LogP contribution in [0.4, 0.5) is 11.4 Å². The third kappa shape index (κ3) is 1.40. The van der Waals surface area contributed by atoms with Gasteiger partial charge in [0.05, 0.1) is 11.4 Å². The molecule has 17 heavy (non-hydrogen) atoms. The van der Waals surface area contributed by atoms with Gasteiger partial charge in [-0.25, -0.2) is 4.79 Å². The van der Waals surface area contributed by atoms with E-state index in [2.05, 4.69) is 10.3 Å². The van der Waals surface area contributed by atoms with Gasteiger partial charge in [0.2, 0.25) is 5.91 Å². The first kappa shape index (κ1) is 10.2. The first-order valence-electron chi connectivity index (χ1n) is 5.70. The van der Waals surface area contributed by atoms with Crippen LogP contribution in [0.1, 0.15) is 29.8 Å². The Morgan fingerprint density at radius 1 is 1.47 bits per heavy atom. The van der Waals surface area contributed by atoms with Crippen molar-refractivity contribution in [3.63, 3.8) is 0 Å². The maximum atomic E-state index is 11.9. The van der Waals surface area contributed by atoms with Gasteiger partial charge in [-0.15, -0.1) is 0 Å². The first-order valence-corrected chi connectivity index (χ1v) is 5.70. The highest BCUT2D eigenvalue weighted by atomic mass is 16.4. The SMILES string of the molecule is O=C(O)c1[nH]cc2c1NC(=O)C1CCCCN21. The summed E-state index contributed by atoms with van der Waals surface area (Å²) in [6.45, 7) is 0.808. The number of rotatable bonds is 1. The van der Waals surface area contributed by atoms with Gasteiger partial charge < -0.3 is 20.3 Å². The van der Waals surface area contributed by atoms with Gasteiger partial charge in [0.15, 0.2) is 5.69 Å². The van der Waals surface area contributed by atoms with Crippen LogP contribution in [0.5, 0.6) is 0 Å². The zero-order valence-electron chi connectivity index (χ0n) is 9.19. The van der Waals surface area contributed by atoms with Gasteiger partial charge in [-0.1, -0.05) is 0 Å². The van der Waals surface area contributed by atoms with E-state index in [0.29, 0.717) is 5.69 Å². The second kappa shape index (κ2) is 3.51. The normalized spacial score (nSPS) is 22.7. The van der Waals surface area contributed by atoms with E-state index < -0.39 is 5.97 Å². The number of H-pyrrole nitrogens is 1. The van der Waals surface area contributed by atoms with E-state index in [9.17, 15) is 9.59 Å². The molecule has 1 aromatic heterocycles. The zero-order valence-corrected chi connectivity index (χ0v) is 9.19. The number of carboxylic acids is 1. The smallest absolute Gasteiger partial charge is 0.354 e. The summed E-state index contributed by atoms with van der Waals surface area (Å²) >= 11 is 0. The van der Waals surface area contributed by atoms with E-state index in [0.717, 1.165) is 31.5 Å². The largest absolute Gasteiger partial charge is 0.477 e. The molecule has 0 aromatic carbocycles. The molecule has 6 nitrogen and oxygen atoms in total. The molecule has 2 aliphatic rings. The van der Waals surface area contributed by atoms with Gasteiger partial charge in [-0.3, -0.25) is 4.79 Å². The van der Waals surface area contributed by atoms with Crippen LogP contribution in [0.15, 0.2) is 6.20 Å². The highest BCUT2D eigenvalue weighted by Crippen LogP contribution is 2.37. The number of hydrogen-bond donors (Lipinski definition) is 3. The molecular weight excluding hydrogens is 222 g/mol. The van der Waals surface area contributed by atoms with E-state index in [1.165, 1.54) is 0 Å². The maximum absolute atomic E-state index is 11.9. The number of aromatic carboxylic acids is 1. The lowest BCUT2D eigenvalue weighted by molar-refractivity contribution is -0.118. The average molecular weight is 235 g/mol. The van der Waals surface area contributed by atoms with E-state index in [1.807, 2.05) is 4.90 Å². The summed E-state index contributed by atoms with van der Waals surface area (Å²) in [7, 11) is 0. The van der Waals surface area contributed by atoms with Crippen molar-refractivity contribution < 1.29 is 14.7 Å². The third-order valence-electron chi connectivity index (χ3n) is 3.44. The summed E-state index contributed by atoms with van der Waals surface area (Å²) in [6, 6.07) is -0.145. The minimum Gasteiger partial charge on any atom is -0.477 e. The van der Waals surface area contributed by atoms with Crippen molar-refractivity contribution in [1.29, 1.82) is 0 Å². The molecule has 1 amide bonds. The molecule has 3 heterocycles. The summed E-state index contributed by atoms with van der Waals surface area (Å²) < 4.78 is 0. The van der Waals surface area contributed by atoms with Crippen molar-refractivity contribution in [2.24, 2.45) is 0 Å². The zero-order chi connectivity index (χ0) is 12.0. The number of piperidine rings is 1. The van der Waals surface area contributed by atoms with Crippen LogP contribution >= 0.6 is 0 Å². The molecule has 3 rings (SSSR count). The Morgan fingerprint density at radius 2 is 2.29 bits per heavy atom. The standard InChI is InChI=1S/C11H13N3O3/c15-10-6-3-1-2-4-14(6)7-5-12-9(11(16)17)8(7)13-10/h5-6,12H,1-4H2,(H,13,15)(H,16,17). The summed E-state index contributed by atoms with van der Waals surface area (Å²) in [6.07, 6.45) is 4.58. The summed E-state index contributed by atoms with van der Waals surface area (Å²) in [5, 5.41) is 11.7. The van der Waals surface area contributed by atoms with E-state index in [1.54, 1.807) is 6.20 Å². The molecule has 1 saturated heterocycles. The molecular formula is C11H13N3O3. The van der Waals surface area contributed by atoms with E-state index >= 15 is 0 Å². The molecule has 1 unspecified atom stereocenters. The summed E-state index contributed by atoms with van der Waals surface area (Å²) in [5.74, 6) is -1.15. The molecule has 6 heteroatoms. The second-order valence-corrected chi connectivity index (χ2v) is 4.42. The number of nitrogens with zero attached hydrogens (tertiary/aromatic N) is 1. The monoisotopic (exact) mass is 235 g/mol. The number of anilines is 2. The third-order valence-corrected chi connectivity index (χ3v) is 3.44. The maximum Gasteiger partial charge on any atom is 0.354 e. The lowest BCUT2D eigenvalue weighted by Crippen LogP contribution is -2.50. The van der Waals surface area contributed by atoms with Gasteiger partial charge in [0.1, 0.15) is 6.04 Å². The van der Waals surface area contributed by atoms with Crippen LogP contribution in [-0.4, -0.2) is 34.6 Å². The molecule has 0 spiro atoms. The average Bonchev–Trinajstić information content (AvgIpc) is 2.73. The lowest BCUT2D eigenvalue weighted by atomic mass is 9.98. The van der Waals surface area contributed by atoms with Crippen molar-refractivity contribution in [3.05, 3.63) is 11.9 Å². The Hall–Kier alpha value is -1.98. The number of carbonyl (C=O) groups excluding carboxylic acids is 1. The van der Waals surface area contributed by atoms with E-state index in [-0.39, 0.29) is 17.6 Å². The highest BCUT2D eigenvalue weighted by Gasteiger charge is 2.37. The number of aromatic amines is 1. The Kier molecular flexibility index (Phi) is 2.10. The van der Waals surface area contributed by atoms with Gasteiger partial charge in [0.25, 0.3) is 0 Å². The number of fused-ring (bicyclic) bond motifs is 3. The van der Waals surface area contributed by atoms with Crippen molar-refractivity contribution in [1.82, 2.24) is 4.98 Å². The van der Waals surface area contributed by atoms with Crippen molar-refractivity contribution in [2.75, 3.05) is 16.8 Å². The number of hydrogen-bond acceptors (Lipinski definition) is 3. The molecule has 1 fully saturated rings. The fourth-order valence-corrected chi connectivity index (χ4v) is 2.63. The second-order valence-electron chi connectivity index (χ2n) is 4.42. The number of carbonyl (C=O) groups is 2. The van der Waals surface area contributed by atoms with Crippen LogP contribution in [-0.2, 0) is 4.79 Å². The number of aromatic nitrogens is 1. The molecule has 0 radical (unpaired) electrons. The lowest BCUT2D eigenvalue weighted by Gasteiger charge is -2.39.